The second-order valence-corrected chi connectivity index (χ2v) is 12.7. The van der Waals surface area contributed by atoms with Crippen molar-refractivity contribution in [2.24, 2.45) is 7.05 Å². The number of rotatable bonds is 7. The molecule has 0 spiro atoms. The third-order valence-electron chi connectivity index (χ3n) is 7.45. The van der Waals surface area contributed by atoms with Crippen molar-refractivity contribution < 1.29 is 18.0 Å². The van der Waals surface area contributed by atoms with E-state index >= 15 is 0 Å². The zero-order valence-electron chi connectivity index (χ0n) is 24.6. The van der Waals surface area contributed by atoms with E-state index in [1.165, 1.54) is 22.9 Å². The van der Waals surface area contributed by atoms with Gasteiger partial charge in [-0.3, -0.25) is 14.3 Å². The molecule has 0 bridgehead atoms. The van der Waals surface area contributed by atoms with Gasteiger partial charge < -0.3 is 19.9 Å². The van der Waals surface area contributed by atoms with Crippen LogP contribution in [-0.2, 0) is 29.2 Å². The van der Waals surface area contributed by atoms with Crippen LogP contribution in [0.15, 0.2) is 90.3 Å². The van der Waals surface area contributed by atoms with Crippen molar-refractivity contribution in [3.05, 3.63) is 119 Å². The van der Waals surface area contributed by atoms with E-state index in [2.05, 4.69) is 32.6 Å². The monoisotopic (exact) mass is 621 g/mol. The number of imidazole rings is 1. The number of nitrogens with one attached hydrogen (secondary N) is 2. The number of aryl methyl sites for hydroxylation is 1. The Hall–Kier alpha value is -5.25. The third-order valence-corrected chi connectivity index (χ3v) is 9.16. The van der Waals surface area contributed by atoms with E-state index in [1.54, 1.807) is 54.7 Å². The summed E-state index contributed by atoms with van der Waals surface area (Å²) in [6, 6.07) is 16.8. The highest BCUT2D eigenvalue weighted by molar-refractivity contribution is 7.90. The summed E-state index contributed by atoms with van der Waals surface area (Å²) in [6.07, 6.45) is 7.08. The minimum absolute atomic E-state index is 0.00462. The lowest BCUT2D eigenvalue weighted by Gasteiger charge is -2.27. The van der Waals surface area contributed by atoms with Crippen LogP contribution >= 0.6 is 0 Å². The number of fused-ring (bicyclic) bond motifs is 1. The van der Waals surface area contributed by atoms with Crippen LogP contribution in [0.1, 0.15) is 43.1 Å². The van der Waals surface area contributed by atoms with E-state index in [9.17, 15) is 18.0 Å². The molecule has 2 N–H and O–H groups in total. The van der Waals surface area contributed by atoms with Gasteiger partial charge in [-0.25, -0.2) is 13.4 Å². The lowest BCUT2D eigenvalue weighted by atomic mass is 10.1. The SMILES string of the molecule is Cn1ccc(CS(=O)(=O)c2ccc(C(=O)NCc3ccn4ccnc4c3)cc2C#Cc2cccc(C(=O)N3CCNCC3)c2)n1. The predicted octanol–water partition coefficient (Wildman–Crippen LogP) is 2.42. The molecule has 0 unspecified atom stereocenters. The Morgan fingerprint density at radius 3 is 2.60 bits per heavy atom. The number of hydrogen-bond acceptors (Lipinski definition) is 7. The molecule has 2 aromatic carbocycles. The van der Waals surface area contributed by atoms with Gasteiger partial charge in [-0.05, 0) is 60.2 Å². The molecular weight excluding hydrogens is 590 g/mol. The van der Waals surface area contributed by atoms with Crippen LogP contribution in [0.3, 0.4) is 0 Å². The number of pyridine rings is 1. The average Bonchev–Trinajstić information content (AvgIpc) is 3.70. The van der Waals surface area contributed by atoms with Crippen LogP contribution < -0.4 is 10.6 Å². The standard InChI is InChI=1S/C33H31N7O4S/c1-38-14-10-29(37-38)23-45(43,44)30-8-7-27(32(41)36-22-25-9-15-39-18-13-35-31(39)20-25)21-26(30)6-5-24-3-2-4-28(19-24)33(42)40-16-11-34-12-17-40/h2-4,7-10,13-15,18-21,34H,11-12,16-17,22-23H2,1H3,(H,36,41). The first-order valence-electron chi connectivity index (χ1n) is 14.4. The molecule has 11 nitrogen and oxygen atoms in total. The van der Waals surface area contributed by atoms with Crippen LogP contribution in [0.4, 0.5) is 0 Å². The number of aromatic nitrogens is 4. The fraction of sp³-hybridized carbons (Fsp3) is 0.212. The number of sulfone groups is 1. The Morgan fingerprint density at radius 1 is 0.956 bits per heavy atom. The van der Waals surface area contributed by atoms with Crippen LogP contribution in [0.5, 0.6) is 0 Å². The molecule has 0 atom stereocenters. The summed E-state index contributed by atoms with van der Waals surface area (Å²) in [5, 5.41) is 10.3. The molecule has 1 fully saturated rings. The van der Waals surface area contributed by atoms with Gasteiger partial charge in [-0.1, -0.05) is 17.9 Å². The molecule has 1 aliphatic rings. The molecule has 5 aromatic rings. The van der Waals surface area contributed by atoms with Gasteiger partial charge >= 0.3 is 0 Å². The molecule has 0 saturated carbocycles. The number of benzene rings is 2. The molecule has 0 radical (unpaired) electrons. The van der Waals surface area contributed by atoms with Crippen LogP contribution in [0, 0.1) is 11.8 Å². The van der Waals surface area contributed by atoms with Crippen molar-refractivity contribution in [3.8, 4) is 11.8 Å². The maximum Gasteiger partial charge on any atom is 0.253 e. The van der Waals surface area contributed by atoms with Gasteiger partial charge in [0.25, 0.3) is 11.8 Å². The largest absolute Gasteiger partial charge is 0.348 e. The maximum absolute atomic E-state index is 13.6. The minimum Gasteiger partial charge on any atom is -0.348 e. The van der Waals surface area contributed by atoms with E-state index in [-0.39, 0.29) is 40.1 Å². The second kappa shape index (κ2) is 12.8. The zero-order valence-corrected chi connectivity index (χ0v) is 25.4. The van der Waals surface area contributed by atoms with Crippen molar-refractivity contribution in [2.75, 3.05) is 26.2 Å². The Morgan fingerprint density at radius 2 is 1.80 bits per heavy atom. The summed E-state index contributed by atoms with van der Waals surface area (Å²) in [7, 11) is -2.15. The molecule has 2 amide bonds. The molecule has 0 aliphatic carbocycles. The highest BCUT2D eigenvalue weighted by Crippen LogP contribution is 2.22. The first-order chi connectivity index (χ1) is 21.7. The molecule has 228 valence electrons. The first-order valence-corrected chi connectivity index (χ1v) is 16.1. The van der Waals surface area contributed by atoms with E-state index in [0.717, 1.165) is 24.3 Å². The van der Waals surface area contributed by atoms with Gasteiger partial charge in [0.2, 0.25) is 0 Å². The highest BCUT2D eigenvalue weighted by atomic mass is 32.2. The van der Waals surface area contributed by atoms with Crippen molar-refractivity contribution in [1.29, 1.82) is 0 Å². The quantitative estimate of drug-likeness (QED) is 0.267. The van der Waals surface area contributed by atoms with Crippen molar-refractivity contribution >= 4 is 27.3 Å². The summed E-state index contributed by atoms with van der Waals surface area (Å²) in [4.78, 5) is 32.3. The number of carbonyl (C=O) groups is 2. The maximum atomic E-state index is 13.6. The lowest BCUT2D eigenvalue weighted by molar-refractivity contribution is 0.0735. The highest BCUT2D eigenvalue weighted by Gasteiger charge is 2.22. The summed E-state index contributed by atoms with van der Waals surface area (Å²) >= 11 is 0. The van der Waals surface area contributed by atoms with E-state index in [1.807, 2.05) is 28.9 Å². The molecule has 6 rings (SSSR count). The van der Waals surface area contributed by atoms with Crippen LogP contribution in [0.25, 0.3) is 5.65 Å². The molecule has 3 aromatic heterocycles. The zero-order chi connectivity index (χ0) is 31.4. The van der Waals surface area contributed by atoms with Crippen molar-refractivity contribution in [1.82, 2.24) is 34.7 Å². The molecule has 1 aliphatic heterocycles. The summed E-state index contributed by atoms with van der Waals surface area (Å²) in [5.74, 6) is 5.22. The number of amides is 2. The molecular formula is C33H31N7O4S. The number of nitrogens with zero attached hydrogens (tertiary/aromatic N) is 5. The average molecular weight is 622 g/mol. The van der Waals surface area contributed by atoms with Gasteiger partial charge in [0.05, 0.1) is 16.3 Å². The predicted molar refractivity (Wildman–Crippen MR) is 168 cm³/mol. The summed E-state index contributed by atoms with van der Waals surface area (Å²) < 4.78 is 30.5. The van der Waals surface area contributed by atoms with Crippen LogP contribution in [-0.4, -0.2) is 70.5 Å². The van der Waals surface area contributed by atoms with E-state index in [4.69, 9.17) is 0 Å². The lowest BCUT2D eigenvalue weighted by Crippen LogP contribution is -2.46. The Balaban J connectivity index is 1.29. The molecule has 45 heavy (non-hydrogen) atoms. The van der Waals surface area contributed by atoms with Gasteiger partial charge in [0.1, 0.15) is 5.65 Å². The van der Waals surface area contributed by atoms with E-state index < -0.39 is 9.84 Å². The Labute approximate surface area is 260 Å². The normalized spacial score (nSPS) is 13.3. The van der Waals surface area contributed by atoms with Gasteiger partial charge in [-0.15, -0.1) is 0 Å². The third kappa shape index (κ3) is 6.95. The van der Waals surface area contributed by atoms with Crippen molar-refractivity contribution in [2.45, 2.75) is 17.2 Å². The van der Waals surface area contributed by atoms with Crippen LogP contribution in [0.2, 0.25) is 0 Å². The van der Waals surface area contributed by atoms with Gasteiger partial charge in [-0.2, -0.15) is 5.10 Å². The van der Waals surface area contributed by atoms with E-state index in [0.29, 0.717) is 29.9 Å². The van der Waals surface area contributed by atoms with Gasteiger partial charge in [0.15, 0.2) is 9.84 Å². The Kier molecular flexibility index (Phi) is 8.46. The smallest absolute Gasteiger partial charge is 0.253 e. The fourth-order valence-corrected chi connectivity index (χ4v) is 6.54. The number of hydrogen-bond donors (Lipinski definition) is 2. The second-order valence-electron chi connectivity index (χ2n) is 10.7. The summed E-state index contributed by atoms with van der Waals surface area (Å²) in [6.45, 7) is 2.99. The Bertz CT molecular complexity index is 2060. The van der Waals surface area contributed by atoms with Crippen molar-refractivity contribution in [3.63, 3.8) is 0 Å². The topological polar surface area (TPSA) is 131 Å². The molecule has 1 saturated heterocycles. The molecule has 12 heteroatoms. The van der Waals surface area contributed by atoms with Gasteiger partial charge in [0, 0.05) is 86.8 Å². The molecule has 4 heterocycles. The summed E-state index contributed by atoms with van der Waals surface area (Å²) in [5.41, 5.74) is 3.53. The number of piperazine rings is 1. The fourth-order valence-electron chi connectivity index (χ4n) is 5.12. The first kappa shape index (κ1) is 29.8. The number of carbonyl (C=O) groups excluding carboxylic acids is 2. The minimum atomic E-state index is -3.87.